The van der Waals surface area contributed by atoms with Crippen molar-refractivity contribution >= 4 is 29.9 Å². The van der Waals surface area contributed by atoms with Crippen molar-refractivity contribution < 1.29 is 4.74 Å². The molecule has 2 N–H and O–H groups in total. The quantitative estimate of drug-likeness (QED) is 0.234. The molecule has 0 unspecified atom stereocenters. The Labute approximate surface area is 175 Å². The number of aliphatic imine (C=N–C) groups is 1. The van der Waals surface area contributed by atoms with Gasteiger partial charge in [0.05, 0.1) is 6.10 Å². The number of unbranched alkanes of at least 4 members (excludes halogenated alkanes) is 2. The van der Waals surface area contributed by atoms with Crippen LogP contribution < -0.4 is 10.6 Å². The number of guanidine groups is 1. The average Bonchev–Trinajstić information content (AvgIpc) is 2.67. The van der Waals surface area contributed by atoms with Gasteiger partial charge in [-0.25, -0.2) is 0 Å². The molecule has 0 amide bonds. The summed E-state index contributed by atoms with van der Waals surface area (Å²) in [4.78, 5) is 8.59. The number of hydrogen-bond donors (Lipinski definition) is 2. The van der Waals surface area contributed by atoms with E-state index in [-0.39, 0.29) is 24.0 Å². The van der Waals surface area contributed by atoms with Gasteiger partial charge < -0.3 is 15.4 Å². The van der Waals surface area contributed by atoms with Gasteiger partial charge in [-0.1, -0.05) is 25.3 Å². The maximum atomic E-state index is 5.96. The highest BCUT2D eigenvalue weighted by atomic mass is 127. The van der Waals surface area contributed by atoms with E-state index in [1.165, 1.54) is 38.5 Å². The Bertz CT molecular complexity index is 478. The van der Waals surface area contributed by atoms with Crippen LogP contribution in [0.4, 0.5) is 0 Å². The van der Waals surface area contributed by atoms with Crippen molar-refractivity contribution in [2.24, 2.45) is 4.99 Å². The maximum Gasteiger partial charge on any atom is 0.190 e. The summed E-state index contributed by atoms with van der Waals surface area (Å²) < 4.78 is 5.96. The van der Waals surface area contributed by atoms with E-state index in [2.05, 4.69) is 20.6 Å². The van der Waals surface area contributed by atoms with Gasteiger partial charge in [0, 0.05) is 45.1 Å². The smallest absolute Gasteiger partial charge is 0.190 e. The van der Waals surface area contributed by atoms with E-state index in [1.54, 1.807) is 0 Å². The lowest BCUT2D eigenvalue weighted by Gasteiger charge is -2.21. The van der Waals surface area contributed by atoms with Crippen LogP contribution in [0.15, 0.2) is 29.4 Å². The molecule has 1 aliphatic carbocycles. The molecular formula is C20H35IN4O. The van der Waals surface area contributed by atoms with Gasteiger partial charge in [0.15, 0.2) is 5.96 Å². The number of pyridine rings is 1. The normalized spacial score (nSPS) is 15.3. The molecule has 26 heavy (non-hydrogen) atoms. The first-order valence-corrected chi connectivity index (χ1v) is 9.84. The largest absolute Gasteiger partial charge is 0.378 e. The van der Waals surface area contributed by atoms with Gasteiger partial charge in [-0.15, -0.1) is 24.0 Å². The molecular weight excluding hydrogens is 439 g/mol. The molecule has 2 rings (SSSR count). The summed E-state index contributed by atoms with van der Waals surface area (Å²) in [5, 5.41) is 6.71. The van der Waals surface area contributed by atoms with E-state index >= 15 is 0 Å². The monoisotopic (exact) mass is 474 g/mol. The molecule has 0 aliphatic heterocycles. The van der Waals surface area contributed by atoms with Crippen LogP contribution in [0, 0.1) is 0 Å². The lowest BCUT2D eigenvalue weighted by molar-refractivity contribution is 0.0264. The summed E-state index contributed by atoms with van der Waals surface area (Å²) in [7, 11) is 1.81. The lowest BCUT2D eigenvalue weighted by atomic mass is 9.98. The van der Waals surface area contributed by atoms with E-state index in [9.17, 15) is 0 Å². The molecule has 1 aromatic heterocycles. The maximum absolute atomic E-state index is 5.96. The molecule has 0 saturated heterocycles. The fraction of sp³-hybridized carbons (Fsp3) is 0.700. The zero-order valence-corrected chi connectivity index (χ0v) is 18.4. The molecule has 0 spiro atoms. The Kier molecular flexibility index (Phi) is 13.5. The predicted molar refractivity (Wildman–Crippen MR) is 119 cm³/mol. The van der Waals surface area contributed by atoms with Crippen LogP contribution in [0.5, 0.6) is 0 Å². The van der Waals surface area contributed by atoms with E-state index in [1.807, 2.05) is 31.4 Å². The third kappa shape index (κ3) is 10.3. The molecule has 5 nitrogen and oxygen atoms in total. The van der Waals surface area contributed by atoms with E-state index in [0.29, 0.717) is 6.10 Å². The van der Waals surface area contributed by atoms with Gasteiger partial charge in [0.1, 0.15) is 0 Å². The SMILES string of the molecule is CN=C(NCCCCCOC1CCCCC1)NCCc1ccccn1.I. The molecule has 1 aliphatic rings. The van der Waals surface area contributed by atoms with E-state index in [0.717, 1.165) is 50.6 Å². The molecule has 0 bridgehead atoms. The first-order chi connectivity index (χ1) is 12.4. The Morgan fingerprint density at radius 2 is 1.92 bits per heavy atom. The molecule has 0 radical (unpaired) electrons. The molecule has 0 atom stereocenters. The van der Waals surface area contributed by atoms with Crippen LogP contribution in [0.3, 0.4) is 0 Å². The van der Waals surface area contributed by atoms with Crippen LogP contribution in [-0.4, -0.2) is 43.8 Å². The minimum Gasteiger partial charge on any atom is -0.378 e. The highest BCUT2D eigenvalue weighted by Gasteiger charge is 2.12. The number of ether oxygens (including phenoxy) is 1. The molecule has 1 heterocycles. The third-order valence-electron chi connectivity index (χ3n) is 4.64. The van der Waals surface area contributed by atoms with Crippen molar-refractivity contribution in [3.8, 4) is 0 Å². The van der Waals surface area contributed by atoms with Crippen LogP contribution in [0.2, 0.25) is 0 Å². The zero-order chi connectivity index (χ0) is 17.6. The summed E-state index contributed by atoms with van der Waals surface area (Å²) in [5.41, 5.74) is 1.10. The predicted octanol–water partition coefficient (Wildman–Crippen LogP) is 3.93. The van der Waals surface area contributed by atoms with Gasteiger partial charge in [0.2, 0.25) is 0 Å². The first-order valence-electron chi connectivity index (χ1n) is 9.84. The van der Waals surface area contributed by atoms with Gasteiger partial charge in [-0.3, -0.25) is 9.98 Å². The number of hydrogen-bond acceptors (Lipinski definition) is 3. The molecule has 1 saturated carbocycles. The molecule has 6 heteroatoms. The van der Waals surface area contributed by atoms with Gasteiger partial charge in [-0.05, 0) is 44.2 Å². The van der Waals surface area contributed by atoms with Crippen molar-refractivity contribution in [3.05, 3.63) is 30.1 Å². The fourth-order valence-corrected chi connectivity index (χ4v) is 3.17. The molecule has 1 fully saturated rings. The highest BCUT2D eigenvalue weighted by molar-refractivity contribution is 14.0. The van der Waals surface area contributed by atoms with Crippen molar-refractivity contribution in [1.82, 2.24) is 15.6 Å². The first kappa shape index (κ1) is 23.1. The van der Waals surface area contributed by atoms with Crippen LogP contribution in [0.1, 0.15) is 57.1 Å². The number of aromatic nitrogens is 1. The summed E-state index contributed by atoms with van der Waals surface area (Å²) in [6.45, 7) is 2.71. The Balaban J connectivity index is 0.00000338. The number of nitrogens with one attached hydrogen (secondary N) is 2. The molecule has 148 valence electrons. The Morgan fingerprint density at radius 1 is 1.12 bits per heavy atom. The second-order valence-corrected chi connectivity index (χ2v) is 6.69. The average molecular weight is 474 g/mol. The fourth-order valence-electron chi connectivity index (χ4n) is 3.17. The highest BCUT2D eigenvalue weighted by Crippen LogP contribution is 2.20. The minimum atomic E-state index is 0. The van der Waals surface area contributed by atoms with E-state index < -0.39 is 0 Å². The van der Waals surface area contributed by atoms with Crippen molar-refractivity contribution in [3.63, 3.8) is 0 Å². The van der Waals surface area contributed by atoms with Crippen LogP contribution >= 0.6 is 24.0 Å². The summed E-state index contributed by atoms with van der Waals surface area (Å²) in [5.74, 6) is 0.870. The van der Waals surface area contributed by atoms with Crippen molar-refractivity contribution in [2.45, 2.75) is 63.9 Å². The second kappa shape index (κ2) is 15.2. The van der Waals surface area contributed by atoms with Gasteiger partial charge >= 0.3 is 0 Å². The number of nitrogens with zero attached hydrogens (tertiary/aromatic N) is 2. The summed E-state index contributed by atoms with van der Waals surface area (Å²) in [6, 6.07) is 6.01. The van der Waals surface area contributed by atoms with E-state index in [4.69, 9.17) is 4.74 Å². The third-order valence-corrected chi connectivity index (χ3v) is 4.64. The lowest BCUT2D eigenvalue weighted by Crippen LogP contribution is -2.38. The van der Waals surface area contributed by atoms with Crippen LogP contribution in [0.25, 0.3) is 0 Å². The van der Waals surface area contributed by atoms with Crippen molar-refractivity contribution in [2.75, 3.05) is 26.7 Å². The van der Waals surface area contributed by atoms with Crippen LogP contribution in [-0.2, 0) is 11.2 Å². The summed E-state index contributed by atoms with van der Waals surface area (Å²) >= 11 is 0. The molecule has 0 aromatic carbocycles. The minimum absolute atomic E-state index is 0. The zero-order valence-electron chi connectivity index (χ0n) is 16.1. The molecule has 1 aromatic rings. The Hall–Kier alpha value is -0.890. The van der Waals surface area contributed by atoms with Crippen molar-refractivity contribution in [1.29, 1.82) is 0 Å². The number of rotatable bonds is 10. The number of halogens is 1. The second-order valence-electron chi connectivity index (χ2n) is 6.69. The Morgan fingerprint density at radius 3 is 2.65 bits per heavy atom. The van der Waals surface area contributed by atoms with Gasteiger partial charge in [-0.2, -0.15) is 0 Å². The topological polar surface area (TPSA) is 58.5 Å². The van der Waals surface area contributed by atoms with Gasteiger partial charge in [0.25, 0.3) is 0 Å². The summed E-state index contributed by atoms with van der Waals surface area (Å²) in [6.07, 6.45) is 13.4. The standard InChI is InChI=1S/C20H34N4O.HI/c1-21-20(24-16-13-18-10-6-8-14-22-18)23-15-7-3-9-17-25-19-11-4-2-5-12-19;/h6,8,10,14,19H,2-5,7,9,11-13,15-17H2,1H3,(H2,21,23,24);1H.